The Balaban J connectivity index is 0. The molecule has 1 atom stereocenters. The van der Waals surface area contributed by atoms with Gasteiger partial charge in [-0.15, -0.1) is 0 Å². The van der Waals surface area contributed by atoms with E-state index in [0.717, 1.165) is 0 Å². The maximum absolute atomic E-state index is 9.90. The van der Waals surface area contributed by atoms with E-state index in [1.807, 2.05) is 0 Å². The zero-order valence-electron chi connectivity index (χ0n) is 5.94. The molecule has 0 aromatic heterocycles. The molecule has 6 heteroatoms. The molecule has 0 saturated heterocycles. The van der Waals surface area contributed by atoms with Crippen molar-refractivity contribution < 1.29 is 49.9 Å². The van der Waals surface area contributed by atoms with Gasteiger partial charge in [0.05, 0.1) is 5.97 Å². The molecule has 0 fully saturated rings. The fourth-order valence-electron chi connectivity index (χ4n) is 0.424. The maximum Gasteiger partial charge on any atom is 1.00 e. The fraction of sp³-hybridized carbons (Fsp3) is 0.750. The van der Waals surface area contributed by atoms with Gasteiger partial charge in [-0.25, -0.2) is 0 Å². The molecule has 0 radical (unpaired) electrons. The number of hydrogen-bond acceptors (Lipinski definition) is 5. The zero-order valence-corrected chi connectivity index (χ0v) is 7.94. The number of rotatable bonds is 3. The van der Waals surface area contributed by atoms with Crippen molar-refractivity contribution in [2.24, 2.45) is 0 Å². The van der Waals surface area contributed by atoms with E-state index in [2.05, 4.69) is 0 Å². The molecular weight excluding hydrogens is 149 g/mol. The van der Waals surface area contributed by atoms with Crippen molar-refractivity contribution in [1.29, 1.82) is 0 Å². The monoisotopic (exact) mass is 157 g/mol. The van der Waals surface area contributed by atoms with Gasteiger partial charge in [-0.2, -0.15) is 0 Å². The molecule has 0 amide bonds. The van der Waals surface area contributed by atoms with Crippen molar-refractivity contribution in [2.45, 2.75) is 19.4 Å². The van der Waals surface area contributed by atoms with Crippen LogP contribution >= 0.6 is 0 Å². The molecule has 5 nitrogen and oxygen atoms in total. The van der Waals surface area contributed by atoms with E-state index in [-0.39, 0.29) is 41.2 Å². The Morgan fingerprint density at radius 3 is 2.10 bits per heavy atom. The molecule has 0 aromatic rings. The normalized spacial score (nSPS) is 12.4. The van der Waals surface area contributed by atoms with Gasteiger partial charge in [-0.05, 0) is 6.42 Å². The molecule has 0 rings (SSSR count). The van der Waals surface area contributed by atoms with Crippen LogP contribution in [0, 0.1) is 0 Å². The molecule has 1 unspecified atom stereocenters. The van der Waals surface area contributed by atoms with Crippen LogP contribution in [0.5, 0.6) is 0 Å². The number of carboxylic acid groups (broad SMARTS) is 1. The van der Waals surface area contributed by atoms with Crippen LogP contribution in [-0.4, -0.2) is 27.7 Å². The second kappa shape index (κ2) is 6.09. The first kappa shape index (κ1) is 13.0. The molecule has 0 saturated carbocycles. The number of nitrogens with zero attached hydrogens (tertiary/aromatic N) is 1. The van der Waals surface area contributed by atoms with Crippen LogP contribution in [-0.2, 0) is 4.79 Å². The SMILES string of the molecule is CCC(C(=O)[O-])N(O)O.[Na+]. The minimum Gasteiger partial charge on any atom is -0.548 e. The van der Waals surface area contributed by atoms with E-state index < -0.39 is 12.0 Å². The van der Waals surface area contributed by atoms with Gasteiger partial charge in [-0.3, -0.25) is 10.4 Å². The Kier molecular flexibility index (Phi) is 7.90. The van der Waals surface area contributed by atoms with Crippen LogP contribution in [0.3, 0.4) is 0 Å². The molecule has 54 valence electrons. The third-order valence-corrected chi connectivity index (χ3v) is 0.938. The predicted octanol–water partition coefficient (Wildman–Crippen LogP) is -4.40. The molecule has 0 heterocycles. The Bertz CT molecular complexity index is 107. The van der Waals surface area contributed by atoms with Crippen molar-refractivity contribution in [3.8, 4) is 0 Å². The standard InChI is InChI=1S/C4H9NO4.Na/c1-2-3(4(6)7)5(8)9;/h3,8-9H,2H2,1H3,(H,6,7);/q;+1/p-1. The van der Waals surface area contributed by atoms with Crippen LogP contribution in [0.1, 0.15) is 13.3 Å². The van der Waals surface area contributed by atoms with E-state index >= 15 is 0 Å². The molecular formula is C4H8NNaO4. The maximum atomic E-state index is 9.90. The third kappa shape index (κ3) is 4.21. The van der Waals surface area contributed by atoms with Crippen LogP contribution in [0.25, 0.3) is 0 Å². The Labute approximate surface area is 80.5 Å². The van der Waals surface area contributed by atoms with Crippen molar-refractivity contribution in [3.63, 3.8) is 0 Å². The number of hydrogen-bond donors (Lipinski definition) is 2. The van der Waals surface area contributed by atoms with Crippen LogP contribution < -0.4 is 34.7 Å². The van der Waals surface area contributed by atoms with Crippen molar-refractivity contribution >= 4 is 5.97 Å². The van der Waals surface area contributed by atoms with Crippen LogP contribution in [0.4, 0.5) is 0 Å². The van der Waals surface area contributed by atoms with E-state index in [0.29, 0.717) is 0 Å². The van der Waals surface area contributed by atoms with Gasteiger partial charge in [0.25, 0.3) is 0 Å². The Morgan fingerprint density at radius 1 is 1.70 bits per heavy atom. The molecule has 0 bridgehead atoms. The molecule has 10 heavy (non-hydrogen) atoms. The summed E-state index contributed by atoms with van der Waals surface area (Å²) in [5, 5.41) is 25.8. The van der Waals surface area contributed by atoms with E-state index in [1.54, 1.807) is 0 Å². The van der Waals surface area contributed by atoms with Gasteiger partial charge in [0.15, 0.2) is 0 Å². The van der Waals surface area contributed by atoms with Gasteiger partial charge in [0.2, 0.25) is 0 Å². The number of hydroxylamine groups is 2. The van der Waals surface area contributed by atoms with Gasteiger partial charge in [-0.1, -0.05) is 12.2 Å². The Hall–Kier alpha value is 0.350. The summed E-state index contributed by atoms with van der Waals surface area (Å²) < 4.78 is 0. The van der Waals surface area contributed by atoms with Gasteiger partial charge in [0.1, 0.15) is 6.04 Å². The van der Waals surface area contributed by atoms with Gasteiger partial charge in [0, 0.05) is 0 Å². The second-order valence-electron chi connectivity index (χ2n) is 1.56. The van der Waals surface area contributed by atoms with Crippen molar-refractivity contribution in [1.82, 2.24) is 5.23 Å². The van der Waals surface area contributed by atoms with Gasteiger partial charge < -0.3 is 9.90 Å². The topological polar surface area (TPSA) is 83.8 Å². The number of aliphatic carboxylic acids is 1. The smallest absolute Gasteiger partial charge is 0.548 e. The third-order valence-electron chi connectivity index (χ3n) is 0.938. The van der Waals surface area contributed by atoms with E-state index in [9.17, 15) is 9.90 Å². The van der Waals surface area contributed by atoms with Crippen LogP contribution in [0.15, 0.2) is 0 Å². The average molecular weight is 157 g/mol. The fourth-order valence-corrected chi connectivity index (χ4v) is 0.424. The first-order valence-electron chi connectivity index (χ1n) is 2.47. The first-order chi connectivity index (χ1) is 4.09. The molecule has 0 aromatic carbocycles. The van der Waals surface area contributed by atoms with Crippen LogP contribution in [0.2, 0.25) is 0 Å². The molecule has 0 aliphatic heterocycles. The molecule has 0 aliphatic rings. The van der Waals surface area contributed by atoms with Crippen molar-refractivity contribution in [2.75, 3.05) is 0 Å². The minimum atomic E-state index is -1.50. The van der Waals surface area contributed by atoms with Gasteiger partial charge >= 0.3 is 29.6 Å². The van der Waals surface area contributed by atoms with E-state index in [4.69, 9.17) is 10.4 Å². The second-order valence-corrected chi connectivity index (χ2v) is 1.56. The predicted molar refractivity (Wildman–Crippen MR) is 24.5 cm³/mol. The summed E-state index contributed by atoms with van der Waals surface area (Å²) in [6.45, 7) is 1.50. The zero-order chi connectivity index (χ0) is 7.44. The molecule has 0 aliphatic carbocycles. The summed E-state index contributed by atoms with van der Waals surface area (Å²) in [6, 6.07) is -1.33. The summed E-state index contributed by atoms with van der Waals surface area (Å²) in [5.41, 5.74) is 0. The average Bonchev–Trinajstić information content (AvgIpc) is 1.64. The summed E-state index contributed by atoms with van der Waals surface area (Å²) in [7, 11) is 0. The molecule has 2 N–H and O–H groups in total. The van der Waals surface area contributed by atoms with Crippen molar-refractivity contribution in [3.05, 3.63) is 0 Å². The minimum absolute atomic E-state index is 0. The number of carboxylic acids is 1. The largest absolute Gasteiger partial charge is 1.00 e. The van der Waals surface area contributed by atoms with E-state index in [1.165, 1.54) is 6.92 Å². The summed E-state index contributed by atoms with van der Waals surface area (Å²) in [5.74, 6) is -1.50. The molecule has 0 spiro atoms. The quantitative estimate of drug-likeness (QED) is 0.319. The number of carbonyl (C=O) groups excluding carboxylic acids is 1. The summed E-state index contributed by atoms with van der Waals surface area (Å²) in [4.78, 5) is 9.90. The summed E-state index contributed by atoms with van der Waals surface area (Å²) >= 11 is 0. The Morgan fingerprint density at radius 2 is 2.10 bits per heavy atom. The number of carbonyl (C=O) groups is 1. The summed E-state index contributed by atoms with van der Waals surface area (Å²) in [6.07, 6.45) is 0.0926. The first-order valence-corrected chi connectivity index (χ1v) is 2.47.